The average Bonchev–Trinajstić information content (AvgIpc) is 2.92. The first-order chi connectivity index (χ1) is 12.5. The molecule has 6 heteroatoms. The van der Waals surface area contributed by atoms with E-state index in [4.69, 9.17) is 4.74 Å². The fourth-order valence-corrected chi connectivity index (χ4v) is 4.61. The Hall–Kier alpha value is -1.92. The van der Waals surface area contributed by atoms with Gasteiger partial charge in [-0.15, -0.1) is 24.5 Å². The molecule has 1 aliphatic rings. The number of fused-ring (bicyclic) bond motifs is 1. The molecule has 0 fully saturated rings. The minimum Gasteiger partial charge on any atom is -0.462 e. The summed E-state index contributed by atoms with van der Waals surface area (Å²) in [7, 11) is 0. The summed E-state index contributed by atoms with van der Waals surface area (Å²) in [6.07, 6.45) is 6.37. The van der Waals surface area contributed by atoms with Crippen LogP contribution in [-0.4, -0.2) is 43.0 Å². The van der Waals surface area contributed by atoms with Crippen molar-refractivity contribution in [2.24, 2.45) is 5.92 Å². The molecule has 1 N–H and O–H groups in total. The molecule has 26 heavy (non-hydrogen) atoms. The maximum Gasteiger partial charge on any atom is 0.341 e. The topological polar surface area (TPSA) is 58.6 Å². The Balaban J connectivity index is 2.21. The largest absolute Gasteiger partial charge is 0.462 e. The van der Waals surface area contributed by atoms with Crippen LogP contribution in [0.15, 0.2) is 25.3 Å². The summed E-state index contributed by atoms with van der Waals surface area (Å²) < 4.78 is 5.24. The van der Waals surface area contributed by atoms with Crippen molar-refractivity contribution in [1.82, 2.24) is 4.90 Å². The van der Waals surface area contributed by atoms with E-state index in [1.54, 1.807) is 19.1 Å². The Labute approximate surface area is 159 Å². The summed E-state index contributed by atoms with van der Waals surface area (Å²) in [6, 6.07) is 0. The summed E-state index contributed by atoms with van der Waals surface area (Å²) >= 11 is 1.51. The molecule has 0 saturated carbocycles. The Morgan fingerprint density at radius 3 is 2.65 bits per heavy atom. The van der Waals surface area contributed by atoms with E-state index in [1.807, 2.05) is 4.90 Å². The van der Waals surface area contributed by atoms with Crippen LogP contribution in [0.25, 0.3) is 0 Å². The smallest absolute Gasteiger partial charge is 0.341 e. The Kier molecular flexibility index (Phi) is 7.60. The molecule has 1 aliphatic carbocycles. The molecular weight excluding hydrogens is 348 g/mol. The third-order valence-corrected chi connectivity index (χ3v) is 5.56. The van der Waals surface area contributed by atoms with Gasteiger partial charge in [-0.25, -0.2) is 4.79 Å². The van der Waals surface area contributed by atoms with Crippen molar-refractivity contribution >= 4 is 28.2 Å². The predicted molar refractivity (Wildman–Crippen MR) is 107 cm³/mol. The number of esters is 1. The number of hydrogen-bond donors (Lipinski definition) is 1. The Bertz CT molecular complexity index is 671. The van der Waals surface area contributed by atoms with E-state index in [1.165, 1.54) is 16.2 Å². The van der Waals surface area contributed by atoms with E-state index in [9.17, 15) is 9.59 Å². The van der Waals surface area contributed by atoms with Gasteiger partial charge in [-0.3, -0.25) is 9.69 Å². The minimum absolute atomic E-state index is 0.147. The van der Waals surface area contributed by atoms with E-state index in [-0.39, 0.29) is 18.4 Å². The first-order valence-corrected chi connectivity index (χ1v) is 9.87. The molecule has 0 spiro atoms. The summed E-state index contributed by atoms with van der Waals surface area (Å²) in [4.78, 5) is 28.1. The number of carbonyl (C=O) groups is 2. The molecule has 1 amide bonds. The van der Waals surface area contributed by atoms with Gasteiger partial charge in [0.15, 0.2) is 0 Å². The first kappa shape index (κ1) is 20.4. The van der Waals surface area contributed by atoms with Gasteiger partial charge in [0.1, 0.15) is 5.00 Å². The highest BCUT2D eigenvalue weighted by Crippen LogP contribution is 2.40. The maximum atomic E-state index is 12.5. The molecule has 142 valence electrons. The third kappa shape index (κ3) is 5.05. The van der Waals surface area contributed by atoms with E-state index < -0.39 is 0 Å². The lowest BCUT2D eigenvalue weighted by atomic mass is 9.88. The zero-order valence-corrected chi connectivity index (χ0v) is 16.5. The van der Waals surface area contributed by atoms with Crippen molar-refractivity contribution in [3.05, 3.63) is 41.3 Å². The highest BCUT2D eigenvalue weighted by molar-refractivity contribution is 7.17. The van der Waals surface area contributed by atoms with Crippen molar-refractivity contribution in [2.45, 2.75) is 33.1 Å². The van der Waals surface area contributed by atoms with Crippen LogP contribution >= 0.6 is 11.3 Å². The molecule has 0 unspecified atom stereocenters. The standard InChI is InChI=1S/C20H28N2O3S/c1-5-10-22(11-6-2)13-17(23)21-19-18(20(24)25-7-3)15-9-8-14(4)12-16(15)26-19/h5-6,14H,1-2,7-13H2,3-4H3,(H,21,23)/t14-/m0/s1. The van der Waals surface area contributed by atoms with Crippen LogP contribution in [0.3, 0.4) is 0 Å². The molecule has 0 saturated heterocycles. The van der Waals surface area contributed by atoms with E-state index in [2.05, 4.69) is 25.4 Å². The highest BCUT2D eigenvalue weighted by atomic mass is 32.1. The van der Waals surface area contributed by atoms with E-state index in [0.29, 0.717) is 36.2 Å². The van der Waals surface area contributed by atoms with Crippen LogP contribution < -0.4 is 5.32 Å². The number of amides is 1. The van der Waals surface area contributed by atoms with Crippen molar-refractivity contribution in [1.29, 1.82) is 0 Å². The second-order valence-corrected chi connectivity index (χ2v) is 7.70. The number of thiophene rings is 1. The van der Waals surface area contributed by atoms with Crippen LogP contribution in [0.1, 0.15) is 41.1 Å². The molecule has 5 nitrogen and oxygen atoms in total. The number of ether oxygens (including phenoxy) is 1. The molecule has 1 heterocycles. The molecule has 0 aromatic carbocycles. The third-order valence-electron chi connectivity index (χ3n) is 4.39. The number of hydrogen-bond acceptors (Lipinski definition) is 5. The van der Waals surface area contributed by atoms with Gasteiger partial charge in [0, 0.05) is 18.0 Å². The second-order valence-electron chi connectivity index (χ2n) is 6.60. The summed E-state index contributed by atoms with van der Waals surface area (Å²) in [5.41, 5.74) is 1.60. The fraction of sp³-hybridized carbons (Fsp3) is 0.500. The van der Waals surface area contributed by atoms with Crippen LogP contribution in [0.5, 0.6) is 0 Å². The molecule has 1 atom stereocenters. The van der Waals surface area contributed by atoms with Crippen LogP contribution in [0.4, 0.5) is 5.00 Å². The summed E-state index contributed by atoms with van der Waals surface area (Å²) in [5, 5.41) is 3.55. The first-order valence-electron chi connectivity index (χ1n) is 9.05. The van der Waals surface area contributed by atoms with Gasteiger partial charge in [-0.2, -0.15) is 0 Å². The van der Waals surface area contributed by atoms with Crippen LogP contribution in [0, 0.1) is 5.92 Å². The Morgan fingerprint density at radius 1 is 1.35 bits per heavy atom. The predicted octanol–water partition coefficient (Wildman–Crippen LogP) is 3.66. The van der Waals surface area contributed by atoms with Gasteiger partial charge in [-0.05, 0) is 37.7 Å². The lowest BCUT2D eigenvalue weighted by molar-refractivity contribution is -0.117. The minimum atomic E-state index is -0.344. The van der Waals surface area contributed by atoms with Gasteiger partial charge < -0.3 is 10.1 Å². The lowest BCUT2D eigenvalue weighted by Gasteiger charge is -2.18. The van der Waals surface area contributed by atoms with Crippen molar-refractivity contribution in [3.8, 4) is 0 Å². The number of carbonyl (C=O) groups excluding carboxylic acids is 2. The van der Waals surface area contributed by atoms with E-state index >= 15 is 0 Å². The number of rotatable bonds is 9. The molecular formula is C20H28N2O3S. The van der Waals surface area contributed by atoms with E-state index in [0.717, 1.165) is 24.8 Å². The van der Waals surface area contributed by atoms with Gasteiger partial charge >= 0.3 is 5.97 Å². The summed E-state index contributed by atoms with van der Waals surface area (Å²) in [6.45, 7) is 13.2. The lowest BCUT2D eigenvalue weighted by Crippen LogP contribution is -2.33. The van der Waals surface area contributed by atoms with Crippen LogP contribution in [0.2, 0.25) is 0 Å². The van der Waals surface area contributed by atoms with Crippen molar-refractivity contribution in [3.63, 3.8) is 0 Å². The molecule has 0 aliphatic heterocycles. The van der Waals surface area contributed by atoms with Gasteiger partial charge in [0.05, 0.1) is 18.7 Å². The number of nitrogens with zero attached hydrogens (tertiary/aromatic N) is 1. The molecule has 1 aromatic heterocycles. The highest BCUT2D eigenvalue weighted by Gasteiger charge is 2.29. The zero-order chi connectivity index (χ0) is 19.1. The fourth-order valence-electron chi connectivity index (χ4n) is 3.20. The molecule has 0 bridgehead atoms. The van der Waals surface area contributed by atoms with Gasteiger partial charge in [-0.1, -0.05) is 19.1 Å². The molecule has 1 aromatic rings. The Morgan fingerprint density at radius 2 is 2.04 bits per heavy atom. The molecule has 0 radical (unpaired) electrons. The number of anilines is 1. The quantitative estimate of drug-likeness (QED) is 0.528. The normalized spacial score (nSPS) is 16.0. The van der Waals surface area contributed by atoms with Crippen molar-refractivity contribution in [2.75, 3.05) is 31.6 Å². The van der Waals surface area contributed by atoms with Crippen molar-refractivity contribution < 1.29 is 14.3 Å². The monoisotopic (exact) mass is 376 g/mol. The molecule has 2 rings (SSSR count). The SMILES string of the molecule is C=CCN(CC=C)CC(=O)Nc1sc2c(c1C(=O)OCC)CC[C@H](C)C2. The average molecular weight is 377 g/mol. The van der Waals surface area contributed by atoms with Gasteiger partial charge in [0.25, 0.3) is 0 Å². The maximum absolute atomic E-state index is 12.5. The second kappa shape index (κ2) is 9.69. The number of nitrogens with one attached hydrogen (secondary N) is 1. The van der Waals surface area contributed by atoms with Gasteiger partial charge in [0.2, 0.25) is 5.91 Å². The summed E-state index contributed by atoms with van der Waals surface area (Å²) in [5.74, 6) is 0.102. The van der Waals surface area contributed by atoms with Crippen LogP contribution in [-0.2, 0) is 22.4 Å². The zero-order valence-electron chi connectivity index (χ0n) is 15.7.